The van der Waals surface area contributed by atoms with Crippen LogP contribution in [0.2, 0.25) is 0 Å². The van der Waals surface area contributed by atoms with Crippen molar-refractivity contribution in [2.75, 3.05) is 26.9 Å². The van der Waals surface area contributed by atoms with Gasteiger partial charge in [-0.05, 0) is 56.2 Å². The van der Waals surface area contributed by atoms with Crippen molar-refractivity contribution in [3.8, 4) is 5.75 Å². The maximum absolute atomic E-state index is 12.9. The largest absolute Gasteiger partial charge is 0.497 e. The van der Waals surface area contributed by atoms with Crippen LogP contribution in [0.4, 0.5) is 0 Å². The zero-order chi connectivity index (χ0) is 16.4. The normalized spacial score (nSPS) is 21.8. The number of nitrogens with zero attached hydrogens (tertiary/aromatic N) is 1. The van der Waals surface area contributed by atoms with Gasteiger partial charge in [0.05, 0.1) is 25.9 Å². The fraction of sp³-hybridized carbons (Fsp3) is 0.632. The Bertz CT molecular complexity index is 548. The minimum absolute atomic E-state index is 0.205. The number of carbonyl (C=O) groups excluding carboxylic acids is 1. The lowest BCUT2D eigenvalue weighted by Crippen LogP contribution is -2.55. The Labute approximate surface area is 138 Å². The van der Waals surface area contributed by atoms with Crippen molar-refractivity contribution in [2.24, 2.45) is 5.92 Å². The molecule has 1 amide bonds. The molecule has 1 saturated carbocycles. The van der Waals surface area contributed by atoms with Crippen LogP contribution < -0.4 is 4.74 Å². The van der Waals surface area contributed by atoms with Crippen molar-refractivity contribution in [3.63, 3.8) is 0 Å². The molecule has 1 aliphatic heterocycles. The second kappa shape index (κ2) is 6.52. The van der Waals surface area contributed by atoms with E-state index in [-0.39, 0.29) is 11.4 Å². The maximum atomic E-state index is 12.9. The number of methoxy groups -OCH3 is 1. The van der Waals surface area contributed by atoms with E-state index in [1.54, 1.807) is 7.11 Å². The molecule has 0 radical (unpaired) electrons. The molecule has 0 N–H and O–H groups in total. The molecular weight excluding hydrogens is 290 g/mol. The van der Waals surface area contributed by atoms with Crippen molar-refractivity contribution in [3.05, 3.63) is 29.8 Å². The highest BCUT2D eigenvalue weighted by Crippen LogP contribution is 2.45. The molecule has 1 aliphatic carbocycles. The molecule has 2 aliphatic rings. The SMILES string of the molecule is COc1ccc(C(CC(=O)N2CCOCC2(C)C)C2CC2)cc1. The molecule has 126 valence electrons. The van der Waals surface area contributed by atoms with Crippen molar-refractivity contribution in [1.29, 1.82) is 0 Å². The minimum Gasteiger partial charge on any atom is -0.497 e. The van der Waals surface area contributed by atoms with Crippen LogP contribution in [-0.4, -0.2) is 43.2 Å². The van der Waals surface area contributed by atoms with Gasteiger partial charge in [0, 0.05) is 13.0 Å². The molecule has 1 aromatic carbocycles. The molecule has 1 atom stereocenters. The van der Waals surface area contributed by atoms with E-state index in [1.807, 2.05) is 17.0 Å². The van der Waals surface area contributed by atoms with Gasteiger partial charge < -0.3 is 14.4 Å². The van der Waals surface area contributed by atoms with E-state index in [1.165, 1.54) is 18.4 Å². The number of morpholine rings is 1. The van der Waals surface area contributed by atoms with E-state index in [2.05, 4.69) is 26.0 Å². The lowest BCUT2D eigenvalue weighted by molar-refractivity contribution is -0.146. The van der Waals surface area contributed by atoms with E-state index >= 15 is 0 Å². The molecule has 1 saturated heterocycles. The summed E-state index contributed by atoms with van der Waals surface area (Å²) in [5.74, 6) is 2.10. The summed E-state index contributed by atoms with van der Waals surface area (Å²) in [6, 6.07) is 8.21. The average molecular weight is 317 g/mol. The monoisotopic (exact) mass is 317 g/mol. The first kappa shape index (κ1) is 16.3. The molecule has 0 spiro atoms. The number of hydrogen-bond acceptors (Lipinski definition) is 3. The number of carbonyl (C=O) groups is 1. The summed E-state index contributed by atoms with van der Waals surface area (Å²) in [4.78, 5) is 14.9. The van der Waals surface area contributed by atoms with Crippen LogP contribution in [0.25, 0.3) is 0 Å². The Hall–Kier alpha value is -1.55. The molecule has 23 heavy (non-hydrogen) atoms. The molecule has 0 bridgehead atoms. The van der Waals surface area contributed by atoms with Crippen LogP contribution in [-0.2, 0) is 9.53 Å². The molecule has 4 heteroatoms. The number of ether oxygens (including phenoxy) is 2. The third-order valence-corrected chi connectivity index (χ3v) is 5.08. The Kier molecular flexibility index (Phi) is 4.62. The number of benzene rings is 1. The lowest BCUT2D eigenvalue weighted by atomic mass is 9.89. The molecule has 1 unspecified atom stereocenters. The highest BCUT2D eigenvalue weighted by molar-refractivity contribution is 5.78. The topological polar surface area (TPSA) is 38.8 Å². The van der Waals surface area contributed by atoms with Crippen LogP contribution >= 0.6 is 0 Å². The second-order valence-corrected chi connectivity index (χ2v) is 7.33. The van der Waals surface area contributed by atoms with E-state index < -0.39 is 0 Å². The quantitative estimate of drug-likeness (QED) is 0.837. The molecular formula is C19H27NO3. The first-order valence-corrected chi connectivity index (χ1v) is 8.53. The van der Waals surface area contributed by atoms with Crippen molar-refractivity contribution in [1.82, 2.24) is 4.90 Å². The summed E-state index contributed by atoms with van der Waals surface area (Å²) < 4.78 is 10.8. The molecule has 4 nitrogen and oxygen atoms in total. The Morgan fingerprint density at radius 1 is 1.35 bits per heavy atom. The first-order valence-electron chi connectivity index (χ1n) is 8.53. The summed E-state index contributed by atoms with van der Waals surface area (Å²) >= 11 is 0. The van der Waals surface area contributed by atoms with Crippen molar-refractivity contribution in [2.45, 2.75) is 44.6 Å². The van der Waals surface area contributed by atoms with Crippen molar-refractivity contribution < 1.29 is 14.3 Å². The fourth-order valence-electron chi connectivity index (χ4n) is 3.53. The molecule has 0 aromatic heterocycles. The lowest BCUT2D eigenvalue weighted by Gasteiger charge is -2.42. The third kappa shape index (κ3) is 3.69. The summed E-state index contributed by atoms with van der Waals surface area (Å²) in [6.07, 6.45) is 3.06. The standard InChI is InChI=1S/C19H27NO3/c1-19(2)13-23-11-10-20(19)18(21)12-17(14-4-5-14)15-6-8-16(22-3)9-7-15/h6-9,14,17H,4-5,10-13H2,1-3H3. The number of hydrogen-bond donors (Lipinski definition) is 0. The van der Waals surface area contributed by atoms with Crippen LogP contribution in [0.1, 0.15) is 44.6 Å². The summed E-state index contributed by atoms with van der Waals surface area (Å²) in [7, 11) is 1.68. The van der Waals surface area contributed by atoms with Gasteiger partial charge in [0.1, 0.15) is 5.75 Å². The van der Waals surface area contributed by atoms with E-state index in [0.717, 1.165) is 5.75 Å². The van der Waals surface area contributed by atoms with Gasteiger partial charge in [0.25, 0.3) is 0 Å². The molecule has 3 rings (SSSR count). The zero-order valence-corrected chi connectivity index (χ0v) is 14.4. The van der Waals surface area contributed by atoms with Crippen LogP contribution in [0.15, 0.2) is 24.3 Å². The summed E-state index contributed by atoms with van der Waals surface area (Å²) in [5.41, 5.74) is 1.05. The van der Waals surface area contributed by atoms with Gasteiger partial charge in [-0.1, -0.05) is 12.1 Å². The van der Waals surface area contributed by atoms with E-state index in [0.29, 0.717) is 38.0 Å². The average Bonchev–Trinajstić information content (AvgIpc) is 3.37. The Balaban J connectivity index is 1.73. The van der Waals surface area contributed by atoms with Crippen LogP contribution in [0, 0.1) is 5.92 Å². The van der Waals surface area contributed by atoms with Gasteiger partial charge in [-0.15, -0.1) is 0 Å². The highest BCUT2D eigenvalue weighted by atomic mass is 16.5. The third-order valence-electron chi connectivity index (χ3n) is 5.08. The fourth-order valence-corrected chi connectivity index (χ4v) is 3.53. The zero-order valence-electron chi connectivity index (χ0n) is 14.4. The van der Waals surface area contributed by atoms with E-state index in [9.17, 15) is 4.79 Å². The van der Waals surface area contributed by atoms with Gasteiger partial charge in [0.2, 0.25) is 5.91 Å². The predicted molar refractivity (Wildman–Crippen MR) is 89.7 cm³/mol. The van der Waals surface area contributed by atoms with Gasteiger partial charge in [-0.2, -0.15) is 0 Å². The van der Waals surface area contributed by atoms with Gasteiger partial charge >= 0.3 is 0 Å². The van der Waals surface area contributed by atoms with E-state index in [4.69, 9.17) is 9.47 Å². The minimum atomic E-state index is -0.205. The smallest absolute Gasteiger partial charge is 0.223 e. The van der Waals surface area contributed by atoms with Crippen molar-refractivity contribution >= 4 is 5.91 Å². The van der Waals surface area contributed by atoms with Gasteiger partial charge in [-0.3, -0.25) is 4.79 Å². The molecule has 1 heterocycles. The molecule has 1 aromatic rings. The van der Waals surface area contributed by atoms with Gasteiger partial charge in [0.15, 0.2) is 0 Å². The Morgan fingerprint density at radius 3 is 2.61 bits per heavy atom. The summed E-state index contributed by atoms with van der Waals surface area (Å²) in [6.45, 7) is 6.14. The highest BCUT2D eigenvalue weighted by Gasteiger charge is 2.38. The maximum Gasteiger partial charge on any atom is 0.223 e. The van der Waals surface area contributed by atoms with Crippen LogP contribution in [0.5, 0.6) is 5.75 Å². The number of amides is 1. The Morgan fingerprint density at radius 2 is 2.04 bits per heavy atom. The summed E-state index contributed by atoms with van der Waals surface area (Å²) in [5, 5.41) is 0. The van der Waals surface area contributed by atoms with Gasteiger partial charge in [-0.25, -0.2) is 0 Å². The second-order valence-electron chi connectivity index (χ2n) is 7.33. The number of rotatable bonds is 5. The molecule has 2 fully saturated rings. The first-order chi connectivity index (χ1) is 11.0. The van der Waals surface area contributed by atoms with Crippen LogP contribution in [0.3, 0.4) is 0 Å². The predicted octanol–water partition coefficient (Wildman–Crippen LogP) is 3.22.